The maximum Gasteiger partial charge on any atom is 0.115 e. The van der Waals surface area contributed by atoms with Gasteiger partial charge in [-0.25, -0.2) is 0 Å². The van der Waals surface area contributed by atoms with Gasteiger partial charge < -0.3 is 5.73 Å². The highest BCUT2D eigenvalue weighted by molar-refractivity contribution is 7.85. The van der Waals surface area contributed by atoms with Gasteiger partial charge in [-0.05, 0) is 24.6 Å². The molecule has 2 N–H and O–H groups in total. The smallest absolute Gasteiger partial charge is 0.115 e. The Hall–Kier alpha value is -1.34. The first-order valence-corrected chi connectivity index (χ1v) is 5.08. The van der Waals surface area contributed by atoms with Gasteiger partial charge in [0.05, 0.1) is 21.8 Å². The molecule has 0 radical (unpaired) electrons. The Balaban J connectivity index is 3.03. The summed E-state index contributed by atoms with van der Waals surface area (Å²) in [5.41, 5.74) is 7.17. The highest BCUT2D eigenvalue weighted by Gasteiger charge is 2.06. The number of hydrogen-bond acceptors (Lipinski definition) is 3. The fraction of sp³-hybridized carbons (Fsp3) is 0.222. The zero-order chi connectivity index (χ0) is 9.84. The van der Waals surface area contributed by atoms with Gasteiger partial charge in [-0.15, -0.1) is 0 Å². The fourth-order valence-electron chi connectivity index (χ4n) is 1.01. The van der Waals surface area contributed by atoms with Gasteiger partial charge in [0, 0.05) is 5.69 Å². The number of nitriles is 1. The van der Waals surface area contributed by atoms with Crippen molar-refractivity contribution in [3.05, 3.63) is 23.8 Å². The standard InChI is InChI=1S/C9H10N2OS/c1-7-2-3-9(8(11)6-7)13(12)5-4-10/h2-3,6H,5,11H2,1H3. The van der Waals surface area contributed by atoms with Gasteiger partial charge in [-0.1, -0.05) is 6.07 Å². The van der Waals surface area contributed by atoms with E-state index in [4.69, 9.17) is 11.0 Å². The normalized spacial score (nSPS) is 12.0. The maximum atomic E-state index is 11.4. The highest BCUT2D eigenvalue weighted by Crippen LogP contribution is 2.17. The molecule has 0 spiro atoms. The van der Waals surface area contributed by atoms with Crippen LogP contribution in [0.2, 0.25) is 0 Å². The first kappa shape index (κ1) is 9.75. The molecular weight excluding hydrogens is 184 g/mol. The van der Waals surface area contributed by atoms with Gasteiger partial charge in [0.15, 0.2) is 0 Å². The van der Waals surface area contributed by atoms with Crippen LogP contribution in [0.5, 0.6) is 0 Å². The Morgan fingerprint density at radius 1 is 1.62 bits per heavy atom. The summed E-state index contributed by atoms with van der Waals surface area (Å²) >= 11 is 0. The molecule has 0 aliphatic carbocycles. The molecule has 1 aromatic carbocycles. The molecule has 0 saturated heterocycles. The van der Waals surface area contributed by atoms with Crippen LogP contribution in [0, 0.1) is 18.3 Å². The van der Waals surface area contributed by atoms with E-state index in [1.807, 2.05) is 19.1 Å². The summed E-state index contributed by atoms with van der Waals surface area (Å²) in [6, 6.07) is 7.15. The van der Waals surface area contributed by atoms with Gasteiger partial charge in [0.1, 0.15) is 5.75 Å². The van der Waals surface area contributed by atoms with Gasteiger partial charge in [0.25, 0.3) is 0 Å². The minimum absolute atomic E-state index is 0.00669. The minimum atomic E-state index is -1.29. The third-order valence-corrected chi connectivity index (χ3v) is 2.86. The number of aryl methyl sites for hydroxylation is 1. The Kier molecular flexibility index (Phi) is 3.04. The number of anilines is 1. The molecule has 1 rings (SSSR count). The van der Waals surface area contributed by atoms with E-state index in [0.717, 1.165) is 5.56 Å². The summed E-state index contributed by atoms with van der Waals surface area (Å²) in [6.07, 6.45) is 0. The minimum Gasteiger partial charge on any atom is -0.398 e. The van der Waals surface area contributed by atoms with E-state index in [9.17, 15) is 4.21 Å². The van der Waals surface area contributed by atoms with Crippen molar-refractivity contribution in [1.82, 2.24) is 0 Å². The Morgan fingerprint density at radius 2 is 2.31 bits per heavy atom. The third kappa shape index (κ3) is 2.30. The molecule has 1 aromatic rings. The average Bonchev–Trinajstić information content (AvgIpc) is 2.04. The SMILES string of the molecule is Cc1ccc(S(=O)CC#N)c(N)c1. The summed E-state index contributed by atoms with van der Waals surface area (Å²) in [6.45, 7) is 1.91. The molecule has 0 aromatic heterocycles. The van der Waals surface area contributed by atoms with Gasteiger partial charge >= 0.3 is 0 Å². The molecule has 3 nitrogen and oxygen atoms in total. The Bertz CT molecular complexity index is 382. The van der Waals surface area contributed by atoms with Crippen LogP contribution < -0.4 is 5.73 Å². The molecule has 0 fully saturated rings. The number of rotatable bonds is 2. The van der Waals surface area contributed by atoms with Crippen molar-refractivity contribution in [2.24, 2.45) is 0 Å². The monoisotopic (exact) mass is 194 g/mol. The average molecular weight is 194 g/mol. The number of benzene rings is 1. The van der Waals surface area contributed by atoms with E-state index in [1.165, 1.54) is 0 Å². The molecule has 0 saturated carbocycles. The van der Waals surface area contributed by atoms with Crippen molar-refractivity contribution in [2.75, 3.05) is 11.5 Å². The predicted molar refractivity (Wildman–Crippen MR) is 52.5 cm³/mol. The summed E-state index contributed by atoms with van der Waals surface area (Å²) in [4.78, 5) is 0.548. The lowest BCUT2D eigenvalue weighted by atomic mass is 10.2. The number of hydrogen-bond donors (Lipinski definition) is 1. The summed E-state index contributed by atoms with van der Waals surface area (Å²) in [5.74, 6) is -0.00669. The lowest BCUT2D eigenvalue weighted by Gasteiger charge is -2.03. The van der Waals surface area contributed by atoms with Crippen molar-refractivity contribution in [1.29, 1.82) is 5.26 Å². The second-order valence-electron chi connectivity index (χ2n) is 2.69. The first-order chi connectivity index (χ1) is 6.15. The van der Waals surface area contributed by atoms with E-state index in [1.54, 1.807) is 12.1 Å². The van der Waals surface area contributed by atoms with Crippen LogP contribution in [0.1, 0.15) is 5.56 Å². The Labute approximate surface area is 79.6 Å². The molecule has 13 heavy (non-hydrogen) atoms. The van der Waals surface area contributed by atoms with Crippen LogP contribution in [0.25, 0.3) is 0 Å². The van der Waals surface area contributed by atoms with Crippen LogP contribution in [0.4, 0.5) is 5.69 Å². The number of nitrogens with two attached hydrogens (primary N) is 1. The quantitative estimate of drug-likeness (QED) is 0.719. The molecule has 0 aliphatic rings. The summed E-state index contributed by atoms with van der Waals surface area (Å²) < 4.78 is 11.4. The molecule has 0 bridgehead atoms. The Morgan fingerprint density at radius 3 is 2.85 bits per heavy atom. The number of nitrogen functional groups attached to an aromatic ring is 1. The van der Waals surface area contributed by atoms with E-state index in [-0.39, 0.29) is 5.75 Å². The van der Waals surface area contributed by atoms with Crippen molar-refractivity contribution in [3.8, 4) is 6.07 Å². The van der Waals surface area contributed by atoms with Gasteiger partial charge in [-0.3, -0.25) is 4.21 Å². The predicted octanol–water partition coefficient (Wildman–Crippen LogP) is 1.21. The maximum absolute atomic E-state index is 11.4. The summed E-state index contributed by atoms with van der Waals surface area (Å²) in [5, 5.41) is 8.36. The fourth-order valence-corrected chi connectivity index (χ4v) is 1.83. The molecule has 0 aliphatic heterocycles. The second kappa shape index (κ2) is 4.06. The van der Waals surface area contributed by atoms with Gasteiger partial charge in [0.2, 0.25) is 0 Å². The molecule has 4 heteroatoms. The van der Waals surface area contributed by atoms with Crippen LogP contribution in [-0.2, 0) is 10.8 Å². The summed E-state index contributed by atoms with van der Waals surface area (Å²) in [7, 11) is -1.29. The van der Waals surface area contributed by atoms with Crippen molar-refractivity contribution < 1.29 is 4.21 Å². The van der Waals surface area contributed by atoms with Crippen LogP contribution in [0.15, 0.2) is 23.1 Å². The lowest BCUT2D eigenvalue weighted by Crippen LogP contribution is -2.00. The van der Waals surface area contributed by atoms with Crippen molar-refractivity contribution in [3.63, 3.8) is 0 Å². The molecule has 0 heterocycles. The molecule has 0 amide bonds. The van der Waals surface area contributed by atoms with Crippen molar-refractivity contribution >= 4 is 16.5 Å². The highest BCUT2D eigenvalue weighted by atomic mass is 32.2. The van der Waals surface area contributed by atoms with E-state index >= 15 is 0 Å². The van der Waals surface area contributed by atoms with Crippen LogP contribution in [-0.4, -0.2) is 9.96 Å². The van der Waals surface area contributed by atoms with E-state index in [2.05, 4.69) is 0 Å². The van der Waals surface area contributed by atoms with E-state index < -0.39 is 10.8 Å². The zero-order valence-electron chi connectivity index (χ0n) is 7.28. The third-order valence-electron chi connectivity index (χ3n) is 1.61. The topological polar surface area (TPSA) is 66.9 Å². The first-order valence-electron chi connectivity index (χ1n) is 3.76. The molecule has 68 valence electrons. The molecule has 1 atom stereocenters. The van der Waals surface area contributed by atoms with Crippen LogP contribution in [0.3, 0.4) is 0 Å². The molecule has 1 unspecified atom stereocenters. The molecular formula is C9H10N2OS. The number of nitrogens with zero attached hydrogens (tertiary/aromatic N) is 1. The van der Waals surface area contributed by atoms with Gasteiger partial charge in [-0.2, -0.15) is 5.26 Å². The van der Waals surface area contributed by atoms with Crippen LogP contribution >= 0.6 is 0 Å². The van der Waals surface area contributed by atoms with Crippen molar-refractivity contribution in [2.45, 2.75) is 11.8 Å². The van der Waals surface area contributed by atoms with E-state index in [0.29, 0.717) is 10.6 Å². The second-order valence-corrected chi connectivity index (χ2v) is 4.11. The zero-order valence-corrected chi connectivity index (χ0v) is 8.10. The lowest BCUT2D eigenvalue weighted by molar-refractivity contribution is 0.685. The largest absolute Gasteiger partial charge is 0.398 e.